The van der Waals surface area contributed by atoms with Gasteiger partial charge in [-0.2, -0.15) is 18.2 Å². The molecule has 0 radical (unpaired) electrons. The minimum absolute atomic E-state index is 0.394. The van der Waals surface area contributed by atoms with Crippen molar-refractivity contribution in [1.82, 2.24) is 5.06 Å². The Hall–Kier alpha value is -1.07. The topological polar surface area (TPSA) is 23.5 Å². The van der Waals surface area contributed by atoms with Crippen LogP contribution in [0.1, 0.15) is 11.1 Å². The van der Waals surface area contributed by atoms with Crippen molar-refractivity contribution >= 4 is 0 Å². The molecule has 0 unspecified atom stereocenters. The molecule has 5 heteroatoms. The van der Waals surface area contributed by atoms with Crippen molar-refractivity contribution in [2.24, 2.45) is 0 Å². The summed E-state index contributed by atoms with van der Waals surface area (Å²) >= 11 is 0. The van der Waals surface area contributed by atoms with Crippen LogP contribution in [-0.2, 0) is 12.6 Å². The van der Waals surface area contributed by atoms with E-state index in [9.17, 15) is 13.2 Å². The van der Waals surface area contributed by atoms with E-state index < -0.39 is 11.7 Å². The Morgan fingerprint density at radius 1 is 1.20 bits per heavy atom. The van der Waals surface area contributed by atoms with Crippen molar-refractivity contribution in [2.45, 2.75) is 12.6 Å². The van der Waals surface area contributed by atoms with Crippen LogP contribution < -0.4 is 0 Å². The molecule has 15 heavy (non-hydrogen) atoms. The number of hydrogen-bond donors (Lipinski definition) is 1. The number of hydrogen-bond acceptors (Lipinski definition) is 2. The van der Waals surface area contributed by atoms with Crippen LogP contribution in [0.15, 0.2) is 24.3 Å². The van der Waals surface area contributed by atoms with Crippen LogP contribution in [0.2, 0.25) is 0 Å². The highest BCUT2D eigenvalue weighted by Crippen LogP contribution is 2.29. The Labute approximate surface area is 85.9 Å². The summed E-state index contributed by atoms with van der Waals surface area (Å²) in [6, 6.07) is 4.94. The van der Waals surface area contributed by atoms with Crippen molar-refractivity contribution in [2.75, 3.05) is 13.6 Å². The summed E-state index contributed by atoms with van der Waals surface area (Å²) in [6.07, 6.45) is -3.77. The summed E-state index contributed by atoms with van der Waals surface area (Å²) in [5.41, 5.74) is 0.118. The minimum Gasteiger partial charge on any atom is -0.314 e. The number of hydroxylamine groups is 2. The zero-order chi connectivity index (χ0) is 11.5. The predicted molar refractivity (Wildman–Crippen MR) is 49.6 cm³/mol. The molecule has 1 aromatic carbocycles. The van der Waals surface area contributed by atoms with Crippen molar-refractivity contribution in [3.8, 4) is 0 Å². The zero-order valence-electron chi connectivity index (χ0n) is 8.25. The minimum atomic E-state index is -4.29. The second kappa shape index (κ2) is 4.63. The molecular formula is C10H12F3NO. The van der Waals surface area contributed by atoms with E-state index >= 15 is 0 Å². The van der Waals surface area contributed by atoms with E-state index in [4.69, 9.17) is 5.21 Å². The van der Waals surface area contributed by atoms with Crippen molar-refractivity contribution in [3.63, 3.8) is 0 Å². The van der Waals surface area contributed by atoms with Gasteiger partial charge in [-0.15, -0.1) is 0 Å². The molecule has 1 rings (SSSR count). The number of halogens is 3. The van der Waals surface area contributed by atoms with Gasteiger partial charge >= 0.3 is 6.18 Å². The van der Waals surface area contributed by atoms with E-state index in [1.54, 1.807) is 0 Å². The molecule has 0 aliphatic rings. The molecule has 84 valence electrons. The third-order valence-corrected chi connectivity index (χ3v) is 2.01. The van der Waals surface area contributed by atoms with Crippen LogP contribution in [0.3, 0.4) is 0 Å². The maximum Gasteiger partial charge on any atom is 0.416 e. The third kappa shape index (κ3) is 3.89. The van der Waals surface area contributed by atoms with E-state index in [1.165, 1.54) is 19.2 Å². The monoisotopic (exact) mass is 219 g/mol. The number of benzene rings is 1. The number of nitrogens with zero attached hydrogens (tertiary/aromatic N) is 1. The summed E-state index contributed by atoms with van der Waals surface area (Å²) in [4.78, 5) is 0. The van der Waals surface area contributed by atoms with Crippen LogP contribution >= 0.6 is 0 Å². The smallest absolute Gasteiger partial charge is 0.314 e. The molecule has 0 fully saturated rings. The number of likely N-dealkylation sites (N-methyl/N-ethyl adjacent to an activating group) is 1. The fraction of sp³-hybridized carbons (Fsp3) is 0.400. The standard InChI is InChI=1S/C10H12F3NO/c1-14(15)7-6-8-2-4-9(5-3-8)10(11,12)13/h2-5,15H,6-7H2,1H3. The van der Waals surface area contributed by atoms with Gasteiger partial charge in [-0.3, -0.25) is 0 Å². The Balaban J connectivity index is 2.65. The SMILES string of the molecule is CN(O)CCc1ccc(C(F)(F)F)cc1. The molecule has 0 amide bonds. The molecule has 0 aliphatic heterocycles. The van der Waals surface area contributed by atoms with E-state index in [2.05, 4.69) is 0 Å². The highest BCUT2D eigenvalue weighted by molar-refractivity contribution is 5.24. The van der Waals surface area contributed by atoms with Gasteiger partial charge in [-0.1, -0.05) is 12.1 Å². The molecule has 0 saturated heterocycles. The number of alkyl halides is 3. The Kier molecular flexibility index (Phi) is 3.71. The maximum atomic E-state index is 12.2. The normalized spacial score (nSPS) is 12.1. The summed E-state index contributed by atoms with van der Waals surface area (Å²) < 4.78 is 36.6. The van der Waals surface area contributed by atoms with Gasteiger partial charge in [0.25, 0.3) is 0 Å². The van der Waals surface area contributed by atoms with E-state index in [-0.39, 0.29) is 0 Å². The summed E-state index contributed by atoms with van der Waals surface area (Å²) in [6.45, 7) is 0.394. The Bertz CT molecular complexity index is 305. The maximum absolute atomic E-state index is 12.2. The average Bonchev–Trinajstić information content (AvgIpc) is 2.14. The summed E-state index contributed by atoms with van der Waals surface area (Å²) in [5, 5.41) is 9.85. The first-order chi connectivity index (χ1) is 6.89. The van der Waals surface area contributed by atoms with Crippen LogP contribution in [0.4, 0.5) is 13.2 Å². The molecular weight excluding hydrogens is 207 g/mol. The molecule has 0 spiro atoms. The molecule has 0 atom stereocenters. The fourth-order valence-electron chi connectivity index (χ4n) is 1.15. The second-order valence-electron chi connectivity index (χ2n) is 3.33. The average molecular weight is 219 g/mol. The highest BCUT2D eigenvalue weighted by atomic mass is 19.4. The lowest BCUT2D eigenvalue weighted by molar-refractivity contribution is -0.137. The molecule has 1 aromatic rings. The lowest BCUT2D eigenvalue weighted by Crippen LogP contribution is -2.16. The van der Waals surface area contributed by atoms with Gasteiger partial charge < -0.3 is 5.21 Å². The van der Waals surface area contributed by atoms with Crippen LogP contribution in [0.25, 0.3) is 0 Å². The van der Waals surface area contributed by atoms with Gasteiger partial charge in [0.1, 0.15) is 0 Å². The number of rotatable bonds is 3. The van der Waals surface area contributed by atoms with Crippen molar-refractivity contribution in [1.29, 1.82) is 0 Å². The summed E-state index contributed by atoms with van der Waals surface area (Å²) in [5.74, 6) is 0. The molecule has 0 bridgehead atoms. The molecule has 2 nitrogen and oxygen atoms in total. The predicted octanol–water partition coefficient (Wildman–Crippen LogP) is 2.57. The van der Waals surface area contributed by atoms with Gasteiger partial charge in [0.2, 0.25) is 0 Å². The first kappa shape index (κ1) is 12.0. The zero-order valence-corrected chi connectivity index (χ0v) is 8.25. The molecule has 1 N–H and O–H groups in total. The fourth-order valence-corrected chi connectivity index (χ4v) is 1.15. The van der Waals surface area contributed by atoms with Crippen LogP contribution in [0, 0.1) is 0 Å². The lowest BCUT2D eigenvalue weighted by atomic mass is 10.1. The van der Waals surface area contributed by atoms with Crippen LogP contribution in [0.5, 0.6) is 0 Å². The first-order valence-corrected chi connectivity index (χ1v) is 4.46. The van der Waals surface area contributed by atoms with Crippen LogP contribution in [-0.4, -0.2) is 23.9 Å². The van der Waals surface area contributed by atoms with E-state index in [0.717, 1.165) is 22.8 Å². The first-order valence-electron chi connectivity index (χ1n) is 4.46. The summed E-state index contributed by atoms with van der Waals surface area (Å²) in [7, 11) is 1.49. The van der Waals surface area contributed by atoms with Gasteiger partial charge in [-0.05, 0) is 24.1 Å². The van der Waals surface area contributed by atoms with E-state index in [0.29, 0.717) is 13.0 Å². The largest absolute Gasteiger partial charge is 0.416 e. The van der Waals surface area contributed by atoms with Crippen molar-refractivity contribution in [3.05, 3.63) is 35.4 Å². The second-order valence-corrected chi connectivity index (χ2v) is 3.33. The molecule has 0 aliphatic carbocycles. The van der Waals surface area contributed by atoms with Crippen molar-refractivity contribution < 1.29 is 18.4 Å². The molecule has 0 aromatic heterocycles. The van der Waals surface area contributed by atoms with Gasteiger partial charge in [-0.25, -0.2) is 0 Å². The quantitative estimate of drug-likeness (QED) is 0.790. The molecule has 0 saturated carbocycles. The van der Waals surface area contributed by atoms with E-state index in [1.807, 2.05) is 0 Å². The van der Waals surface area contributed by atoms with Gasteiger partial charge in [0, 0.05) is 13.6 Å². The Morgan fingerprint density at radius 2 is 1.73 bits per heavy atom. The third-order valence-electron chi connectivity index (χ3n) is 2.01. The Morgan fingerprint density at radius 3 is 2.13 bits per heavy atom. The molecule has 0 heterocycles. The van der Waals surface area contributed by atoms with Gasteiger partial charge in [0.05, 0.1) is 5.56 Å². The lowest BCUT2D eigenvalue weighted by Gasteiger charge is -2.09. The van der Waals surface area contributed by atoms with Gasteiger partial charge in [0.15, 0.2) is 0 Å². The highest BCUT2D eigenvalue weighted by Gasteiger charge is 2.29.